The Morgan fingerprint density at radius 2 is 2.21 bits per heavy atom. The average molecular weight is 283 g/mol. The zero-order valence-electron chi connectivity index (χ0n) is 11.1. The summed E-state index contributed by atoms with van der Waals surface area (Å²) in [5, 5.41) is 10.9. The number of halogens is 1. The topological polar surface area (TPSA) is 45.5 Å². The Morgan fingerprint density at radius 1 is 1.53 bits per heavy atom. The number of nitrogens with zero attached hydrogens (tertiary/aromatic N) is 2. The summed E-state index contributed by atoms with van der Waals surface area (Å²) in [6.07, 6.45) is 4.94. The van der Waals surface area contributed by atoms with Crippen molar-refractivity contribution in [2.75, 3.05) is 13.1 Å². The Kier molecular flexibility index (Phi) is 3.10. The van der Waals surface area contributed by atoms with Crippen LogP contribution in [-0.2, 0) is 6.54 Å². The van der Waals surface area contributed by atoms with E-state index in [0.29, 0.717) is 29.7 Å². The largest absolute Gasteiger partial charge is 0.386 e. The minimum absolute atomic E-state index is 0.0225. The van der Waals surface area contributed by atoms with E-state index in [4.69, 9.17) is 11.6 Å². The molecule has 0 atom stereocenters. The Bertz CT molecular complexity index is 502. The number of rotatable bonds is 4. The van der Waals surface area contributed by atoms with Crippen molar-refractivity contribution < 1.29 is 9.90 Å². The van der Waals surface area contributed by atoms with E-state index in [1.165, 1.54) is 0 Å². The number of aromatic nitrogens is 1. The van der Waals surface area contributed by atoms with E-state index in [1.54, 1.807) is 17.2 Å². The molecule has 1 aliphatic heterocycles. The first-order chi connectivity index (χ1) is 9.03. The summed E-state index contributed by atoms with van der Waals surface area (Å²) < 4.78 is 1.90. The van der Waals surface area contributed by atoms with Gasteiger partial charge in [0.25, 0.3) is 5.91 Å². The fourth-order valence-corrected chi connectivity index (χ4v) is 3.10. The smallest absolute Gasteiger partial charge is 0.270 e. The molecule has 0 aromatic carbocycles. The minimum Gasteiger partial charge on any atom is -0.386 e. The standard InChI is InChI=1S/C14H19ClN2O2/c1-2-5-16-7-11(15)6-12(16)13(18)17-8-14(19,9-17)10-3-4-10/h6-7,10,19H,2-5,8-9H2,1H3. The highest BCUT2D eigenvalue weighted by Gasteiger charge is 2.53. The van der Waals surface area contributed by atoms with Gasteiger partial charge < -0.3 is 14.6 Å². The number of hydrogen-bond acceptors (Lipinski definition) is 2. The highest BCUT2D eigenvalue weighted by Crippen LogP contribution is 2.44. The molecule has 0 radical (unpaired) electrons. The van der Waals surface area contributed by atoms with Gasteiger partial charge in [0, 0.05) is 12.7 Å². The van der Waals surface area contributed by atoms with Crippen LogP contribution in [0.1, 0.15) is 36.7 Å². The van der Waals surface area contributed by atoms with E-state index in [9.17, 15) is 9.90 Å². The molecule has 5 heteroatoms. The summed E-state index contributed by atoms with van der Waals surface area (Å²) in [6, 6.07) is 1.72. The van der Waals surface area contributed by atoms with Crippen LogP contribution in [0.3, 0.4) is 0 Å². The molecule has 1 saturated carbocycles. The second kappa shape index (κ2) is 4.53. The highest BCUT2D eigenvalue weighted by molar-refractivity contribution is 6.31. The Labute approximate surface area is 118 Å². The lowest BCUT2D eigenvalue weighted by Crippen LogP contribution is -2.64. The second-order valence-corrected chi connectivity index (χ2v) is 6.21. The van der Waals surface area contributed by atoms with Gasteiger partial charge in [0.15, 0.2) is 0 Å². The Morgan fingerprint density at radius 3 is 2.79 bits per heavy atom. The lowest BCUT2D eigenvalue weighted by atomic mass is 9.88. The van der Waals surface area contributed by atoms with Gasteiger partial charge in [-0.15, -0.1) is 0 Å². The second-order valence-electron chi connectivity index (χ2n) is 5.78. The molecular weight excluding hydrogens is 264 g/mol. The molecule has 1 saturated heterocycles. The van der Waals surface area contributed by atoms with Gasteiger partial charge in [0.2, 0.25) is 0 Å². The minimum atomic E-state index is -0.623. The van der Waals surface area contributed by atoms with E-state index in [-0.39, 0.29) is 5.91 Å². The molecule has 104 valence electrons. The summed E-state index contributed by atoms with van der Waals surface area (Å²) in [7, 11) is 0. The number of amides is 1. The first kappa shape index (κ1) is 13.0. The summed E-state index contributed by atoms with van der Waals surface area (Å²) in [6.45, 7) is 3.78. The molecule has 3 rings (SSSR count). The van der Waals surface area contributed by atoms with Crippen molar-refractivity contribution in [3.05, 3.63) is 23.0 Å². The molecule has 0 bridgehead atoms. The van der Waals surface area contributed by atoms with Gasteiger partial charge in [0.05, 0.1) is 18.1 Å². The fourth-order valence-electron chi connectivity index (χ4n) is 2.88. The predicted octanol–water partition coefficient (Wildman–Crippen LogP) is 2.15. The van der Waals surface area contributed by atoms with Crippen LogP contribution in [-0.4, -0.2) is 39.2 Å². The normalized spacial score (nSPS) is 21.3. The Balaban J connectivity index is 1.71. The molecule has 1 N–H and O–H groups in total. The highest BCUT2D eigenvalue weighted by atomic mass is 35.5. The zero-order valence-corrected chi connectivity index (χ0v) is 11.9. The van der Waals surface area contributed by atoms with Crippen LogP contribution < -0.4 is 0 Å². The van der Waals surface area contributed by atoms with Gasteiger partial charge in [-0.3, -0.25) is 4.79 Å². The molecule has 1 aromatic heterocycles. The number of aliphatic hydroxyl groups is 1. The molecule has 0 spiro atoms. The van der Waals surface area contributed by atoms with Crippen molar-refractivity contribution in [1.29, 1.82) is 0 Å². The summed E-state index contributed by atoms with van der Waals surface area (Å²) in [5.41, 5.74) is 0.00597. The van der Waals surface area contributed by atoms with Gasteiger partial charge in [0.1, 0.15) is 11.3 Å². The number of likely N-dealkylation sites (tertiary alicyclic amines) is 1. The lowest BCUT2D eigenvalue weighted by molar-refractivity contribution is -0.0960. The molecular formula is C14H19ClN2O2. The van der Waals surface area contributed by atoms with E-state index in [1.807, 2.05) is 4.57 Å². The first-order valence-corrected chi connectivity index (χ1v) is 7.28. The quantitative estimate of drug-likeness (QED) is 0.920. The van der Waals surface area contributed by atoms with Crippen LogP contribution in [0, 0.1) is 5.92 Å². The molecule has 4 nitrogen and oxygen atoms in total. The van der Waals surface area contributed by atoms with E-state index in [0.717, 1.165) is 25.8 Å². The van der Waals surface area contributed by atoms with Crippen LogP contribution >= 0.6 is 11.6 Å². The number of carbonyl (C=O) groups is 1. The van der Waals surface area contributed by atoms with Crippen molar-refractivity contribution in [3.63, 3.8) is 0 Å². The summed E-state index contributed by atoms with van der Waals surface area (Å²) >= 11 is 5.99. The zero-order chi connectivity index (χ0) is 13.6. The SMILES string of the molecule is CCCn1cc(Cl)cc1C(=O)N1CC(O)(C2CC2)C1. The average Bonchev–Trinajstić information content (AvgIpc) is 3.10. The van der Waals surface area contributed by atoms with Crippen LogP contribution in [0.5, 0.6) is 0 Å². The maximum Gasteiger partial charge on any atom is 0.270 e. The molecule has 1 amide bonds. The fraction of sp³-hybridized carbons (Fsp3) is 0.643. The van der Waals surface area contributed by atoms with Gasteiger partial charge in [-0.05, 0) is 31.2 Å². The lowest BCUT2D eigenvalue weighted by Gasteiger charge is -2.47. The van der Waals surface area contributed by atoms with Crippen LogP contribution in [0.15, 0.2) is 12.3 Å². The first-order valence-electron chi connectivity index (χ1n) is 6.91. The van der Waals surface area contributed by atoms with Crippen molar-refractivity contribution in [2.24, 2.45) is 5.92 Å². The monoisotopic (exact) mass is 282 g/mol. The summed E-state index contributed by atoms with van der Waals surface area (Å²) in [5.74, 6) is 0.383. The molecule has 1 aromatic rings. The van der Waals surface area contributed by atoms with E-state index >= 15 is 0 Å². The Hall–Kier alpha value is -1.00. The third kappa shape index (κ3) is 2.28. The predicted molar refractivity (Wildman–Crippen MR) is 73.3 cm³/mol. The molecule has 2 fully saturated rings. The number of β-amino-alcohol motifs (C(OH)–C–C–N with tert-alkyl or cyclic N) is 1. The number of aryl methyl sites for hydroxylation is 1. The van der Waals surface area contributed by atoms with Crippen molar-refractivity contribution in [1.82, 2.24) is 9.47 Å². The maximum absolute atomic E-state index is 12.4. The third-order valence-electron chi connectivity index (χ3n) is 4.10. The van der Waals surface area contributed by atoms with Gasteiger partial charge >= 0.3 is 0 Å². The van der Waals surface area contributed by atoms with E-state index < -0.39 is 5.60 Å². The van der Waals surface area contributed by atoms with Crippen LogP contribution in [0.25, 0.3) is 0 Å². The van der Waals surface area contributed by atoms with Gasteiger partial charge in [-0.1, -0.05) is 18.5 Å². The molecule has 0 unspecified atom stereocenters. The van der Waals surface area contributed by atoms with Crippen LogP contribution in [0.2, 0.25) is 5.02 Å². The molecule has 2 aliphatic rings. The number of hydrogen-bond donors (Lipinski definition) is 1. The van der Waals surface area contributed by atoms with Gasteiger partial charge in [-0.2, -0.15) is 0 Å². The third-order valence-corrected chi connectivity index (χ3v) is 4.31. The molecule has 1 aliphatic carbocycles. The van der Waals surface area contributed by atoms with Gasteiger partial charge in [-0.25, -0.2) is 0 Å². The number of carbonyl (C=O) groups excluding carboxylic acids is 1. The molecule has 2 heterocycles. The van der Waals surface area contributed by atoms with E-state index in [2.05, 4.69) is 6.92 Å². The molecule has 19 heavy (non-hydrogen) atoms. The maximum atomic E-state index is 12.4. The van der Waals surface area contributed by atoms with Crippen molar-refractivity contribution >= 4 is 17.5 Å². The van der Waals surface area contributed by atoms with Crippen molar-refractivity contribution in [3.8, 4) is 0 Å². The van der Waals surface area contributed by atoms with Crippen molar-refractivity contribution in [2.45, 2.75) is 38.3 Å². The summed E-state index contributed by atoms with van der Waals surface area (Å²) in [4.78, 5) is 14.1. The van der Waals surface area contributed by atoms with Crippen LogP contribution in [0.4, 0.5) is 0 Å².